The minimum Gasteiger partial charge on any atom is -0.465 e. The van der Waals surface area contributed by atoms with E-state index in [1.807, 2.05) is 44.2 Å². The van der Waals surface area contributed by atoms with Crippen LogP contribution in [0.15, 0.2) is 61.6 Å². The molecule has 3 rings (SSSR count). The van der Waals surface area contributed by atoms with Crippen LogP contribution < -0.4 is 5.32 Å². The van der Waals surface area contributed by atoms with Crippen LogP contribution in [0.25, 0.3) is 16.2 Å². The average molecular weight is 412 g/mol. The van der Waals surface area contributed by atoms with E-state index in [-0.39, 0.29) is 0 Å². The molecule has 0 saturated heterocycles. The maximum atomic E-state index is 13.8. The highest BCUT2D eigenvalue weighted by atomic mass is 32.1. The molecule has 0 unspecified atom stereocenters. The standard InChI is InChI=1S/C22H18F2N2O2S/c1-4-18(28-5-2)14-7-6-13(3)15(10-14)19-8-9-20(29-19)26-22(27)21-16(23)11-25-12-17(21)24/h4-12H,2H2,1,3H3,(H,26,27)/b18-4-. The largest absolute Gasteiger partial charge is 0.465 e. The van der Waals surface area contributed by atoms with Crippen molar-refractivity contribution in [2.45, 2.75) is 13.8 Å². The van der Waals surface area contributed by atoms with E-state index in [0.29, 0.717) is 10.8 Å². The smallest absolute Gasteiger partial charge is 0.262 e. The molecule has 29 heavy (non-hydrogen) atoms. The molecule has 0 aliphatic rings. The molecule has 0 bridgehead atoms. The van der Waals surface area contributed by atoms with Gasteiger partial charge in [-0.15, -0.1) is 11.3 Å². The first-order valence-corrected chi connectivity index (χ1v) is 9.51. The molecule has 0 aliphatic heterocycles. The van der Waals surface area contributed by atoms with Crippen LogP contribution in [0.3, 0.4) is 0 Å². The topological polar surface area (TPSA) is 51.2 Å². The van der Waals surface area contributed by atoms with Gasteiger partial charge in [0.1, 0.15) is 11.3 Å². The predicted molar refractivity (Wildman–Crippen MR) is 112 cm³/mol. The fraction of sp³-hybridized carbons (Fsp3) is 0.0909. The molecule has 1 amide bonds. The van der Waals surface area contributed by atoms with Crippen molar-refractivity contribution >= 4 is 28.0 Å². The van der Waals surface area contributed by atoms with Gasteiger partial charge in [0.05, 0.1) is 23.7 Å². The van der Waals surface area contributed by atoms with Crippen molar-refractivity contribution in [3.63, 3.8) is 0 Å². The number of allylic oxidation sites excluding steroid dienone is 1. The summed E-state index contributed by atoms with van der Waals surface area (Å²) in [5.74, 6) is -2.21. The number of halogens is 2. The van der Waals surface area contributed by atoms with Gasteiger partial charge < -0.3 is 10.1 Å². The zero-order valence-corrected chi connectivity index (χ0v) is 16.6. The van der Waals surface area contributed by atoms with Gasteiger partial charge in [-0.25, -0.2) is 8.78 Å². The molecule has 2 aromatic heterocycles. The summed E-state index contributed by atoms with van der Waals surface area (Å²) in [4.78, 5) is 16.6. The van der Waals surface area contributed by atoms with E-state index in [9.17, 15) is 13.6 Å². The summed E-state index contributed by atoms with van der Waals surface area (Å²) in [6.07, 6.45) is 4.81. The molecule has 2 heterocycles. The average Bonchev–Trinajstić information content (AvgIpc) is 3.14. The molecule has 0 fully saturated rings. The number of rotatable bonds is 6. The van der Waals surface area contributed by atoms with Gasteiger partial charge in [0, 0.05) is 10.4 Å². The molecule has 0 saturated carbocycles. The van der Waals surface area contributed by atoms with Gasteiger partial charge in [-0.2, -0.15) is 0 Å². The molecule has 0 radical (unpaired) electrons. The van der Waals surface area contributed by atoms with Gasteiger partial charge in [-0.05, 0) is 49.2 Å². The van der Waals surface area contributed by atoms with Crippen molar-refractivity contribution < 1.29 is 18.3 Å². The van der Waals surface area contributed by atoms with Crippen molar-refractivity contribution in [3.8, 4) is 10.4 Å². The lowest BCUT2D eigenvalue weighted by molar-refractivity contribution is 0.101. The summed E-state index contributed by atoms with van der Waals surface area (Å²) in [6, 6.07) is 9.43. The van der Waals surface area contributed by atoms with Gasteiger partial charge in [-0.1, -0.05) is 18.7 Å². The lowest BCUT2D eigenvalue weighted by Gasteiger charge is -2.10. The Morgan fingerprint density at radius 2 is 1.93 bits per heavy atom. The summed E-state index contributed by atoms with van der Waals surface area (Å²) < 4.78 is 33.0. The number of carbonyl (C=O) groups is 1. The van der Waals surface area contributed by atoms with E-state index in [4.69, 9.17) is 4.74 Å². The van der Waals surface area contributed by atoms with Crippen molar-refractivity contribution in [3.05, 3.63) is 90.0 Å². The molecule has 7 heteroatoms. The number of hydrogen-bond acceptors (Lipinski definition) is 4. The maximum Gasteiger partial charge on any atom is 0.262 e. The highest BCUT2D eigenvalue weighted by Crippen LogP contribution is 2.35. The van der Waals surface area contributed by atoms with E-state index in [2.05, 4.69) is 16.9 Å². The van der Waals surface area contributed by atoms with Crippen molar-refractivity contribution in [1.29, 1.82) is 0 Å². The van der Waals surface area contributed by atoms with Crippen LogP contribution >= 0.6 is 11.3 Å². The molecule has 148 valence electrons. The number of benzene rings is 1. The first-order valence-electron chi connectivity index (χ1n) is 8.70. The molecule has 3 aromatic rings. The number of aryl methyl sites for hydroxylation is 1. The number of pyridine rings is 1. The van der Waals surface area contributed by atoms with Gasteiger partial charge in [0.25, 0.3) is 5.91 Å². The van der Waals surface area contributed by atoms with Crippen molar-refractivity contribution in [2.75, 3.05) is 5.32 Å². The number of thiophene rings is 1. The van der Waals surface area contributed by atoms with Crippen LogP contribution in [0.2, 0.25) is 0 Å². The molecule has 1 aromatic carbocycles. The monoisotopic (exact) mass is 412 g/mol. The zero-order valence-electron chi connectivity index (χ0n) is 15.8. The van der Waals surface area contributed by atoms with E-state index < -0.39 is 23.1 Å². The van der Waals surface area contributed by atoms with Gasteiger partial charge in [0.15, 0.2) is 11.6 Å². The molecule has 1 N–H and O–H groups in total. The predicted octanol–water partition coefficient (Wildman–Crippen LogP) is 6.17. The minimum atomic E-state index is -1.01. The molecular weight excluding hydrogens is 394 g/mol. The number of aromatic nitrogens is 1. The zero-order chi connectivity index (χ0) is 21.0. The molecule has 0 atom stereocenters. The number of carbonyl (C=O) groups excluding carboxylic acids is 1. The molecule has 4 nitrogen and oxygen atoms in total. The minimum absolute atomic E-state index is 0.471. The quantitative estimate of drug-likeness (QED) is 0.493. The lowest BCUT2D eigenvalue weighted by atomic mass is 10.0. The number of nitrogens with zero attached hydrogens (tertiary/aromatic N) is 1. The lowest BCUT2D eigenvalue weighted by Crippen LogP contribution is -2.15. The van der Waals surface area contributed by atoms with Crippen LogP contribution in [0.4, 0.5) is 13.8 Å². The fourth-order valence-electron chi connectivity index (χ4n) is 2.79. The van der Waals surface area contributed by atoms with Crippen LogP contribution in [0.5, 0.6) is 0 Å². The second-order valence-corrected chi connectivity index (χ2v) is 7.15. The third-order valence-electron chi connectivity index (χ3n) is 4.18. The van der Waals surface area contributed by atoms with E-state index in [1.165, 1.54) is 17.6 Å². The summed E-state index contributed by atoms with van der Waals surface area (Å²) in [5.41, 5.74) is 2.22. The maximum absolute atomic E-state index is 13.8. The van der Waals surface area contributed by atoms with Crippen LogP contribution in [-0.4, -0.2) is 10.9 Å². The van der Waals surface area contributed by atoms with Crippen LogP contribution in [0.1, 0.15) is 28.4 Å². The van der Waals surface area contributed by atoms with Gasteiger partial charge >= 0.3 is 0 Å². The molecular formula is C22H18F2N2O2S. The summed E-state index contributed by atoms with van der Waals surface area (Å²) in [6.45, 7) is 7.43. The number of amides is 1. The summed E-state index contributed by atoms with van der Waals surface area (Å²) in [5, 5.41) is 3.01. The third kappa shape index (κ3) is 4.41. The second kappa shape index (κ2) is 8.79. The fourth-order valence-corrected chi connectivity index (χ4v) is 3.77. The second-order valence-electron chi connectivity index (χ2n) is 6.06. The Morgan fingerprint density at radius 3 is 2.59 bits per heavy atom. The number of hydrogen-bond donors (Lipinski definition) is 1. The van der Waals surface area contributed by atoms with E-state index >= 15 is 0 Å². The number of nitrogens with one attached hydrogen (secondary N) is 1. The van der Waals surface area contributed by atoms with Crippen LogP contribution in [-0.2, 0) is 4.74 Å². The Hall–Kier alpha value is -3.32. The Bertz CT molecular complexity index is 1090. The highest BCUT2D eigenvalue weighted by Gasteiger charge is 2.19. The molecule has 0 aliphatic carbocycles. The Morgan fingerprint density at radius 1 is 1.21 bits per heavy atom. The SMILES string of the molecule is C=CO/C(=C\C)c1ccc(C)c(-c2ccc(NC(=O)c3c(F)cncc3F)s2)c1. The highest BCUT2D eigenvalue weighted by molar-refractivity contribution is 7.19. The number of anilines is 1. The van der Waals surface area contributed by atoms with Gasteiger partial charge in [0.2, 0.25) is 0 Å². The first-order chi connectivity index (χ1) is 13.9. The first kappa shape index (κ1) is 20.4. The van der Waals surface area contributed by atoms with E-state index in [0.717, 1.165) is 34.0 Å². The van der Waals surface area contributed by atoms with Crippen molar-refractivity contribution in [2.24, 2.45) is 0 Å². The van der Waals surface area contributed by atoms with Gasteiger partial charge in [-0.3, -0.25) is 9.78 Å². The van der Waals surface area contributed by atoms with Crippen LogP contribution in [0, 0.1) is 18.6 Å². The Kier molecular flexibility index (Phi) is 6.19. The Balaban J connectivity index is 1.88. The summed E-state index contributed by atoms with van der Waals surface area (Å²) >= 11 is 1.30. The van der Waals surface area contributed by atoms with E-state index in [1.54, 1.807) is 6.07 Å². The molecule has 0 spiro atoms. The normalized spacial score (nSPS) is 11.2. The van der Waals surface area contributed by atoms with Crippen molar-refractivity contribution in [1.82, 2.24) is 4.98 Å². The number of ether oxygens (including phenoxy) is 1. The third-order valence-corrected chi connectivity index (χ3v) is 5.22. The summed E-state index contributed by atoms with van der Waals surface area (Å²) in [7, 11) is 0. The Labute approximate surface area is 171 Å².